The van der Waals surface area contributed by atoms with Gasteiger partial charge < -0.3 is 15.1 Å². The van der Waals surface area contributed by atoms with Gasteiger partial charge in [0.25, 0.3) is 0 Å². The van der Waals surface area contributed by atoms with E-state index in [2.05, 4.69) is 4.98 Å². The highest BCUT2D eigenvalue weighted by atomic mass is 32.1. The highest BCUT2D eigenvalue weighted by Crippen LogP contribution is 2.30. The number of nitrogens with zero attached hydrogens (tertiary/aromatic N) is 2. The van der Waals surface area contributed by atoms with E-state index in [9.17, 15) is 9.59 Å². The molecule has 2 N–H and O–H groups in total. The van der Waals surface area contributed by atoms with Crippen molar-refractivity contribution in [2.45, 2.75) is 13.8 Å². The van der Waals surface area contributed by atoms with E-state index < -0.39 is 11.9 Å². The molecule has 0 aliphatic heterocycles. The topological polar surface area (TPSA) is 90.7 Å². The van der Waals surface area contributed by atoms with Crippen molar-refractivity contribution in [2.24, 2.45) is 0 Å². The van der Waals surface area contributed by atoms with Crippen molar-refractivity contribution in [2.75, 3.05) is 18.0 Å². The second-order valence-electron chi connectivity index (χ2n) is 4.92. The van der Waals surface area contributed by atoms with Crippen LogP contribution in [0.5, 0.6) is 0 Å². The summed E-state index contributed by atoms with van der Waals surface area (Å²) in [4.78, 5) is 28.7. The van der Waals surface area contributed by atoms with Gasteiger partial charge >= 0.3 is 11.9 Å². The van der Waals surface area contributed by atoms with Crippen LogP contribution < -0.4 is 4.90 Å². The summed E-state index contributed by atoms with van der Waals surface area (Å²) in [7, 11) is 0. The number of anilines is 1. The van der Waals surface area contributed by atoms with Crippen LogP contribution in [0.25, 0.3) is 10.6 Å². The zero-order valence-corrected chi connectivity index (χ0v) is 13.1. The van der Waals surface area contributed by atoms with Crippen molar-refractivity contribution in [3.63, 3.8) is 0 Å². The summed E-state index contributed by atoms with van der Waals surface area (Å²) in [5.41, 5.74) is 2.26. The number of hydrogen-bond acceptors (Lipinski definition) is 5. The average molecular weight is 320 g/mol. The Morgan fingerprint density at radius 1 is 1.18 bits per heavy atom. The van der Waals surface area contributed by atoms with Gasteiger partial charge in [0, 0.05) is 22.3 Å². The van der Waals surface area contributed by atoms with Gasteiger partial charge in [-0.2, -0.15) is 0 Å². The Labute approximate surface area is 131 Å². The molecule has 0 bridgehead atoms. The number of carboxylic acids is 2. The molecule has 6 nitrogen and oxygen atoms in total. The summed E-state index contributed by atoms with van der Waals surface area (Å²) < 4.78 is 0. The summed E-state index contributed by atoms with van der Waals surface area (Å²) in [6.45, 7) is 3.04. The van der Waals surface area contributed by atoms with E-state index in [1.807, 2.05) is 26.0 Å². The van der Waals surface area contributed by atoms with Gasteiger partial charge in [0.2, 0.25) is 0 Å². The van der Waals surface area contributed by atoms with E-state index in [0.29, 0.717) is 5.69 Å². The van der Waals surface area contributed by atoms with E-state index in [-0.39, 0.29) is 13.1 Å². The Hall–Kier alpha value is -2.41. The fourth-order valence-corrected chi connectivity index (χ4v) is 2.88. The van der Waals surface area contributed by atoms with E-state index in [1.165, 1.54) is 16.2 Å². The third-order valence-electron chi connectivity index (χ3n) is 3.07. The number of rotatable bonds is 6. The van der Waals surface area contributed by atoms with Crippen LogP contribution >= 0.6 is 11.3 Å². The molecule has 0 unspecified atom stereocenters. The summed E-state index contributed by atoms with van der Waals surface area (Å²) in [5.74, 6) is -2.15. The summed E-state index contributed by atoms with van der Waals surface area (Å²) >= 11 is 1.53. The van der Waals surface area contributed by atoms with Gasteiger partial charge in [-0.15, -0.1) is 11.3 Å². The van der Waals surface area contributed by atoms with E-state index in [0.717, 1.165) is 21.0 Å². The number of aryl methyl sites for hydroxylation is 2. The van der Waals surface area contributed by atoms with E-state index in [1.54, 1.807) is 12.3 Å². The number of aromatic nitrogens is 1. The Bertz CT molecular complexity index is 695. The monoisotopic (exact) mass is 320 g/mol. The molecule has 0 fully saturated rings. The molecule has 0 aliphatic carbocycles. The number of carbonyl (C=O) groups is 2. The van der Waals surface area contributed by atoms with Crippen LogP contribution in [0.2, 0.25) is 0 Å². The second-order valence-corrected chi connectivity index (χ2v) is 6.16. The molecule has 116 valence electrons. The van der Waals surface area contributed by atoms with Gasteiger partial charge in [-0.25, -0.2) is 4.98 Å². The third-order valence-corrected chi connectivity index (χ3v) is 4.03. The first-order valence-corrected chi connectivity index (χ1v) is 7.40. The number of carboxylic acid groups (broad SMARTS) is 2. The lowest BCUT2D eigenvalue weighted by molar-refractivity contribution is -0.136. The molecule has 0 radical (unpaired) electrons. The molecule has 0 saturated carbocycles. The third kappa shape index (κ3) is 3.82. The lowest BCUT2D eigenvalue weighted by atomic mass is 10.1. The lowest BCUT2D eigenvalue weighted by Gasteiger charge is -2.23. The van der Waals surface area contributed by atoms with Crippen molar-refractivity contribution < 1.29 is 19.8 Å². The van der Waals surface area contributed by atoms with Crippen molar-refractivity contribution >= 4 is 29.0 Å². The fraction of sp³-hybridized carbons (Fsp3) is 0.267. The first-order chi connectivity index (χ1) is 10.4. The van der Waals surface area contributed by atoms with Gasteiger partial charge in [0.15, 0.2) is 0 Å². The summed E-state index contributed by atoms with van der Waals surface area (Å²) in [6.07, 6.45) is 1.77. The average Bonchev–Trinajstić information content (AvgIpc) is 2.84. The molecule has 2 rings (SSSR count). The first kappa shape index (κ1) is 16.0. The quantitative estimate of drug-likeness (QED) is 0.849. The Morgan fingerprint density at radius 2 is 1.82 bits per heavy atom. The molecule has 1 aromatic heterocycles. The van der Waals surface area contributed by atoms with Gasteiger partial charge in [-0.3, -0.25) is 9.59 Å². The SMILES string of the molecule is Cc1cnc(-c2ccc(C)c(N(CC(=O)O)CC(=O)O)c2)s1. The minimum absolute atomic E-state index is 0.368. The Balaban J connectivity index is 2.42. The van der Waals surface area contributed by atoms with Crippen molar-refractivity contribution in [3.05, 3.63) is 34.8 Å². The van der Waals surface area contributed by atoms with Crippen LogP contribution in [0, 0.1) is 13.8 Å². The molecule has 2 aromatic rings. The molecule has 22 heavy (non-hydrogen) atoms. The number of aliphatic carboxylic acids is 2. The molecule has 1 aromatic carbocycles. The molecule has 7 heteroatoms. The largest absolute Gasteiger partial charge is 0.480 e. The molecular formula is C15H16N2O4S. The van der Waals surface area contributed by atoms with E-state index >= 15 is 0 Å². The Morgan fingerprint density at radius 3 is 2.32 bits per heavy atom. The van der Waals surface area contributed by atoms with Gasteiger partial charge in [-0.05, 0) is 25.5 Å². The maximum Gasteiger partial charge on any atom is 0.323 e. The molecule has 1 heterocycles. The van der Waals surface area contributed by atoms with Crippen molar-refractivity contribution in [1.29, 1.82) is 0 Å². The number of benzene rings is 1. The minimum Gasteiger partial charge on any atom is -0.480 e. The molecule has 0 atom stereocenters. The maximum atomic E-state index is 11.0. The minimum atomic E-state index is -1.07. The zero-order chi connectivity index (χ0) is 16.3. The van der Waals surface area contributed by atoms with Crippen LogP contribution in [-0.2, 0) is 9.59 Å². The first-order valence-electron chi connectivity index (χ1n) is 6.59. The van der Waals surface area contributed by atoms with Crippen molar-refractivity contribution in [1.82, 2.24) is 4.98 Å². The predicted octanol–water partition coefficient (Wildman–Crippen LogP) is 2.40. The van der Waals surface area contributed by atoms with Crippen LogP contribution in [0.4, 0.5) is 5.69 Å². The Kier molecular flexibility index (Phi) is 4.77. The smallest absolute Gasteiger partial charge is 0.323 e. The van der Waals surface area contributed by atoms with Crippen LogP contribution in [0.15, 0.2) is 24.4 Å². The molecule has 0 spiro atoms. The van der Waals surface area contributed by atoms with Crippen molar-refractivity contribution in [3.8, 4) is 10.6 Å². The second kappa shape index (κ2) is 6.57. The standard InChI is InChI=1S/C15H16N2O4S/c1-9-3-4-11(15-16-6-10(2)22-15)5-12(9)17(7-13(18)19)8-14(20)21/h3-6H,7-8H2,1-2H3,(H,18,19)(H,20,21). The maximum absolute atomic E-state index is 11.0. The highest BCUT2D eigenvalue weighted by molar-refractivity contribution is 7.14. The number of hydrogen-bond donors (Lipinski definition) is 2. The molecule has 0 aliphatic rings. The predicted molar refractivity (Wildman–Crippen MR) is 84.5 cm³/mol. The molecule has 0 amide bonds. The normalized spacial score (nSPS) is 10.5. The number of thiazole rings is 1. The zero-order valence-electron chi connectivity index (χ0n) is 12.2. The molecule has 0 saturated heterocycles. The lowest BCUT2D eigenvalue weighted by Crippen LogP contribution is -2.34. The fourth-order valence-electron chi connectivity index (χ4n) is 2.12. The summed E-state index contributed by atoms with van der Waals surface area (Å²) in [6, 6.07) is 5.54. The highest BCUT2D eigenvalue weighted by Gasteiger charge is 2.17. The van der Waals surface area contributed by atoms with Crippen LogP contribution in [-0.4, -0.2) is 40.2 Å². The van der Waals surface area contributed by atoms with Crippen LogP contribution in [0.3, 0.4) is 0 Å². The summed E-state index contributed by atoms with van der Waals surface area (Å²) in [5, 5.41) is 18.8. The molecular weight excluding hydrogens is 304 g/mol. The van der Waals surface area contributed by atoms with Gasteiger partial charge in [-0.1, -0.05) is 12.1 Å². The van der Waals surface area contributed by atoms with Gasteiger partial charge in [0.1, 0.15) is 18.1 Å². The van der Waals surface area contributed by atoms with Crippen LogP contribution in [0.1, 0.15) is 10.4 Å². The van der Waals surface area contributed by atoms with E-state index in [4.69, 9.17) is 10.2 Å². The van der Waals surface area contributed by atoms with Gasteiger partial charge in [0.05, 0.1) is 0 Å².